The number of aromatic amines is 1. The lowest BCUT2D eigenvalue weighted by Gasteiger charge is -2.09. The highest BCUT2D eigenvalue weighted by Crippen LogP contribution is 2.18. The van der Waals surface area contributed by atoms with E-state index >= 15 is 0 Å². The van der Waals surface area contributed by atoms with Gasteiger partial charge in [-0.15, -0.1) is 0 Å². The van der Waals surface area contributed by atoms with E-state index < -0.39 is 0 Å². The minimum absolute atomic E-state index is 0.0208. The molecule has 0 aliphatic rings. The predicted octanol–water partition coefficient (Wildman–Crippen LogP) is 2.40. The Morgan fingerprint density at radius 3 is 2.65 bits per heavy atom. The molecule has 0 saturated carbocycles. The minimum Gasteiger partial charge on any atom is -0.345 e. The number of hydrogen-bond acceptors (Lipinski definition) is 3. The molecule has 1 aromatic heterocycles. The summed E-state index contributed by atoms with van der Waals surface area (Å²) in [5.74, 6) is 0.0208. The number of nitrogens with zero attached hydrogens (tertiary/aromatic N) is 1. The van der Waals surface area contributed by atoms with E-state index in [2.05, 4.69) is 34.4 Å². The van der Waals surface area contributed by atoms with Crippen molar-refractivity contribution < 1.29 is 4.79 Å². The zero-order valence-electron chi connectivity index (χ0n) is 11.8. The van der Waals surface area contributed by atoms with E-state index in [0.717, 1.165) is 16.9 Å². The number of imidazole rings is 1. The lowest BCUT2D eigenvalue weighted by atomic mass is 10.1. The fourth-order valence-electron chi connectivity index (χ4n) is 1.84. The maximum Gasteiger partial charge on any atom is 0.225 e. The monoisotopic (exact) mass is 272 g/mol. The second-order valence-electron chi connectivity index (χ2n) is 4.95. The van der Waals surface area contributed by atoms with E-state index in [1.54, 1.807) is 12.5 Å². The van der Waals surface area contributed by atoms with Gasteiger partial charge in [0, 0.05) is 24.7 Å². The van der Waals surface area contributed by atoms with Crippen LogP contribution in [-0.4, -0.2) is 28.5 Å². The average Bonchev–Trinajstić information content (AvgIpc) is 2.93. The number of carbonyl (C=O) groups excluding carboxylic acids is 1. The Balaban J connectivity index is 1.86. The van der Waals surface area contributed by atoms with Crippen molar-refractivity contribution in [3.63, 3.8) is 0 Å². The molecule has 1 amide bonds. The molecular formula is C15H20N4O. The summed E-state index contributed by atoms with van der Waals surface area (Å²) in [6, 6.07) is 8.09. The maximum absolute atomic E-state index is 11.7. The predicted molar refractivity (Wildman–Crippen MR) is 80.4 cm³/mol. The van der Waals surface area contributed by atoms with Crippen molar-refractivity contribution in [2.75, 3.05) is 11.9 Å². The van der Waals surface area contributed by atoms with Gasteiger partial charge in [-0.3, -0.25) is 4.79 Å². The molecule has 0 fully saturated rings. The smallest absolute Gasteiger partial charge is 0.225 e. The number of benzene rings is 1. The molecule has 0 bridgehead atoms. The second-order valence-corrected chi connectivity index (χ2v) is 4.95. The van der Waals surface area contributed by atoms with E-state index in [1.165, 1.54) is 0 Å². The van der Waals surface area contributed by atoms with Crippen molar-refractivity contribution in [3.05, 3.63) is 36.8 Å². The Morgan fingerprint density at radius 1 is 1.30 bits per heavy atom. The molecule has 2 aromatic rings. The number of hydrogen-bond donors (Lipinski definition) is 3. The molecule has 1 heterocycles. The molecule has 0 aliphatic heterocycles. The summed E-state index contributed by atoms with van der Waals surface area (Å²) < 4.78 is 0. The summed E-state index contributed by atoms with van der Waals surface area (Å²) in [5.41, 5.74) is 2.81. The summed E-state index contributed by atoms with van der Waals surface area (Å²) in [4.78, 5) is 18.8. The first kappa shape index (κ1) is 14.3. The third kappa shape index (κ3) is 4.20. The van der Waals surface area contributed by atoms with Crippen LogP contribution in [0.15, 0.2) is 36.8 Å². The van der Waals surface area contributed by atoms with E-state index in [-0.39, 0.29) is 5.91 Å². The average molecular weight is 272 g/mol. The zero-order valence-corrected chi connectivity index (χ0v) is 11.8. The third-order valence-corrected chi connectivity index (χ3v) is 2.88. The van der Waals surface area contributed by atoms with Crippen molar-refractivity contribution >= 4 is 11.6 Å². The van der Waals surface area contributed by atoms with Gasteiger partial charge in [-0.05, 0) is 17.7 Å². The van der Waals surface area contributed by atoms with Crippen LogP contribution in [-0.2, 0) is 4.79 Å². The molecule has 0 radical (unpaired) electrons. The van der Waals surface area contributed by atoms with Gasteiger partial charge in [0.1, 0.15) is 0 Å². The number of rotatable bonds is 6. The van der Waals surface area contributed by atoms with E-state index in [4.69, 9.17) is 0 Å². The van der Waals surface area contributed by atoms with Gasteiger partial charge in [0.05, 0.1) is 18.2 Å². The highest BCUT2D eigenvalue weighted by Gasteiger charge is 2.04. The fourth-order valence-corrected chi connectivity index (χ4v) is 1.84. The lowest BCUT2D eigenvalue weighted by molar-refractivity contribution is -0.116. The Kier molecular flexibility index (Phi) is 4.90. The Hall–Kier alpha value is -2.14. The van der Waals surface area contributed by atoms with Crippen LogP contribution in [0, 0.1) is 0 Å². The standard InChI is InChI=1S/C15H20N4O/c1-11(2)17-8-7-15(20)19-13-5-3-12(4-6-13)14-9-16-10-18-14/h3-6,9-11,17H,7-8H2,1-2H3,(H,16,18)(H,19,20). The Bertz CT molecular complexity index is 532. The van der Waals surface area contributed by atoms with Gasteiger partial charge in [-0.1, -0.05) is 26.0 Å². The van der Waals surface area contributed by atoms with Gasteiger partial charge in [-0.2, -0.15) is 0 Å². The Labute approximate surface area is 118 Å². The van der Waals surface area contributed by atoms with Crippen LogP contribution in [0.2, 0.25) is 0 Å². The number of aromatic nitrogens is 2. The molecule has 5 nitrogen and oxygen atoms in total. The molecule has 0 atom stereocenters. The van der Waals surface area contributed by atoms with Crippen LogP contribution in [0.3, 0.4) is 0 Å². The van der Waals surface area contributed by atoms with Crippen molar-refractivity contribution in [1.82, 2.24) is 15.3 Å². The van der Waals surface area contributed by atoms with Gasteiger partial charge in [0.25, 0.3) is 0 Å². The number of nitrogens with one attached hydrogen (secondary N) is 3. The quantitative estimate of drug-likeness (QED) is 0.756. The largest absolute Gasteiger partial charge is 0.345 e. The van der Waals surface area contributed by atoms with Gasteiger partial charge >= 0.3 is 0 Å². The Morgan fingerprint density at radius 2 is 2.05 bits per heavy atom. The number of anilines is 1. The SMILES string of the molecule is CC(C)NCCC(=O)Nc1ccc(-c2cnc[nH]2)cc1. The van der Waals surface area contributed by atoms with Gasteiger partial charge in [-0.25, -0.2) is 4.98 Å². The van der Waals surface area contributed by atoms with Crippen LogP contribution in [0.1, 0.15) is 20.3 Å². The summed E-state index contributed by atoms with van der Waals surface area (Å²) in [7, 11) is 0. The number of amides is 1. The van der Waals surface area contributed by atoms with E-state index in [1.807, 2.05) is 24.3 Å². The molecule has 0 spiro atoms. The van der Waals surface area contributed by atoms with Gasteiger partial charge < -0.3 is 15.6 Å². The summed E-state index contributed by atoms with van der Waals surface area (Å²) in [6.07, 6.45) is 3.89. The molecule has 2 rings (SSSR count). The topological polar surface area (TPSA) is 69.8 Å². The highest BCUT2D eigenvalue weighted by atomic mass is 16.1. The first-order valence-electron chi connectivity index (χ1n) is 6.77. The van der Waals surface area contributed by atoms with Crippen molar-refractivity contribution in [3.8, 4) is 11.3 Å². The highest BCUT2D eigenvalue weighted by molar-refractivity contribution is 5.91. The van der Waals surface area contributed by atoms with E-state index in [9.17, 15) is 4.79 Å². The van der Waals surface area contributed by atoms with Gasteiger partial charge in [0.15, 0.2) is 0 Å². The van der Waals surface area contributed by atoms with Crippen LogP contribution >= 0.6 is 0 Å². The van der Waals surface area contributed by atoms with Crippen LogP contribution < -0.4 is 10.6 Å². The second kappa shape index (κ2) is 6.86. The first-order valence-corrected chi connectivity index (χ1v) is 6.77. The summed E-state index contributed by atoms with van der Waals surface area (Å²) >= 11 is 0. The molecule has 0 unspecified atom stereocenters. The molecule has 5 heteroatoms. The summed E-state index contributed by atoms with van der Waals surface area (Å²) in [6.45, 7) is 4.81. The molecule has 20 heavy (non-hydrogen) atoms. The van der Waals surface area contributed by atoms with E-state index in [0.29, 0.717) is 19.0 Å². The molecule has 1 aromatic carbocycles. The molecule has 106 valence electrons. The normalized spacial score (nSPS) is 10.8. The molecule has 0 aliphatic carbocycles. The number of carbonyl (C=O) groups is 1. The maximum atomic E-state index is 11.7. The molecule has 0 saturated heterocycles. The van der Waals surface area contributed by atoms with Crippen LogP contribution in [0.5, 0.6) is 0 Å². The zero-order chi connectivity index (χ0) is 14.4. The van der Waals surface area contributed by atoms with Crippen molar-refractivity contribution in [2.45, 2.75) is 26.3 Å². The number of H-pyrrole nitrogens is 1. The first-order chi connectivity index (χ1) is 9.65. The minimum atomic E-state index is 0.0208. The van der Waals surface area contributed by atoms with Gasteiger partial charge in [0.2, 0.25) is 5.91 Å². The fraction of sp³-hybridized carbons (Fsp3) is 0.333. The van der Waals surface area contributed by atoms with Crippen LogP contribution in [0.4, 0.5) is 5.69 Å². The lowest BCUT2D eigenvalue weighted by Crippen LogP contribution is -2.27. The van der Waals surface area contributed by atoms with Crippen molar-refractivity contribution in [1.29, 1.82) is 0 Å². The summed E-state index contributed by atoms with van der Waals surface area (Å²) in [5, 5.41) is 6.10. The van der Waals surface area contributed by atoms with Crippen LogP contribution in [0.25, 0.3) is 11.3 Å². The molecule has 3 N–H and O–H groups in total. The van der Waals surface area contributed by atoms with Crippen molar-refractivity contribution in [2.24, 2.45) is 0 Å². The molecular weight excluding hydrogens is 252 g/mol. The third-order valence-electron chi connectivity index (χ3n) is 2.88.